The van der Waals surface area contributed by atoms with E-state index in [0.717, 1.165) is 4.47 Å². The minimum atomic E-state index is -0.618. The summed E-state index contributed by atoms with van der Waals surface area (Å²) in [6.07, 6.45) is 0. The molecule has 0 aliphatic carbocycles. The van der Waals surface area contributed by atoms with E-state index in [1.807, 2.05) is 6.07 Å². The molecule has 21 heavy (non-hydrogen) atoms. The highest BCUT2D eigenvalue weighted by Crippen LogP contribution is 2.24. The Morgan fingerprint density at radius 3 is 2.38 bits per heavy atom. The number of nitrogens with one attached hydrogen (secondary N) is 1. The lowest BCUT2D eigenvalue weighted by Crippen LogP contribution is -2.14. The van der Waals surface area contributed by atoms with E-state index in [1.54, 1.807) is 18.2 Å². The summed E-state index contributed by atoms with van der Waals surface area (Å²) in [6, 6.07) is 9.79. The summed E-state index contributed by atoms with van der Waals surface area (Å²) in [5, 5.41) is 2.90. The molecule has 4 nitrogen and oxygen atoms in total. The van der Waals surface area contributed by atoms with Crippen LogP contribution in [0.2, 0.25) is 5.02 Å². The van der Waals surface area contributed by atoms with E-state index in [-0.39, 0.29) is 16.5 Å². The Balaban J connectivity index is 2.26. The van der Waals surface area contributed by atoms with Gasteiger partial charge >= 0.3 is 0 Å². The second kappa shape index (κ2) is 6.60. The number of primary amides is 1. The van der Waals surface area contributed by atoms with Gasteiger partial charge in [-0.25, -0.2) is 0 Å². The van der Waals surface area contributed by atoms with Crippen molar-refractivity contribution in [1.29, 1.82) is 0 Å². The summed E-state index contributed by atoms with van der Waals surface area (Å²) in [4.78, 5) is 23.3. The van der Waals surface area contributed by atoms with E-state index in [4.69, 9.17) is 17.3 Å². The van der Waals surface area contributed by atoms with Gasteiger partial charge in [0.2, 0.25) is 5.91 Å². The average Bonchev–Trinajstić information content (AvgIpc) is 2.41. The van der Waals surface area contributed by atoms with Gasteiger partial charge in [0, 0.05) is 14.6 Å². The predicted molar refractivity (Wildman–Crippen MR) is 89.8 cm³/mol. The summed E-state index contributed by atoms with van der Waals surface area (Å²) in [5.41, 5.74) is 6.32. The Kier molecular flexibility index (Phi) is 5.03. The molecule has 0 saturated carbocycles. The van der Waals surface area contributed by atoms with Crippen LogP contribution in [0.15, 0.2) is 45.3 Å². The second-order valence-corrected chi connectivity index (χ2v) is 6.31. The van der Waals surface area contributed by atoms with Crippen molar-refractivity contribution in [3.05, 3.63) is 61.5 Å². The van der Waals surface area contributed by atoms with Crippen molar-refractivity contribution >= 4 is 61.0 Å². The molecule has 0 spiro atoms. The van der Waals surface area contributed by atoms with Gasteiger partial charge in [-0.3, -0.25) is 9.59 Å². The molecule has 2 aromatic rings. The van der Waals surface area contributed by atoms with Gasteiger partial charge in [0.25, 0.3) is 5.91 Å². The highest BCUT2D eigenvalue weighted by molar-refractivity contribution is 9.11. The molecule has 2 amide bonds. The van der Waals surface area contributed by atoms with E-state index in [2.05, 4.69) is 37.2 Å². The summed E-state index contributed by atoms with van der Waals surface area (Å²) in [5.74, 6) is -0.918. The van der Waals surface area contributed by atoms with Crippen LogP contribution >= 0.6 is 43.5 Å². The number of benzene rings is 2. The SMILES string of the molecule is NC(=O)c1ccc(NC(=O)c2cc(Br)ccc2Br)cc1Cl. The first-order valence-corrected chi connectivity index (χ1v) is 7.70. The number of carbonyl (C=O) groups is 2. The lowest BCUT2D eigenvalue weighted by molar-refractivity contribution is 0.0998. The molecule has 2 rings (SSSR count). The van der Waals surface area contributed by atoms with Crippen LogP contribution in [-0.4, -0.2) is 11.8 Å². The fourth-order valence-corrected chi connectivity index (χ4v) is 2.72. The first-order chi connectivity index (χ1) is 9.88. The van der Waals surface area contributed by atoms with Crippen LogP contribution in [0.3, 0.4) is 0 Å². The molecule has 0 heterocycles. The van der Waals surface area contributed by atoms with Crippen molar-refractivity contribution in [2.75, 3.05) is 5.32 Å². The van der Waals surface area contributed by atoms with E-state index in [1.165, 1.54) is 12.1 Å². The van der Waals surface area contributed by atoms with Gasteiger partial charge in [0.15, 0.2) is 0 Å². The van der Waals surface area contributed by atoms with E-state index >= 15 is 0 Å². The number of hydrogen-bond acceptors (Lipinski definition) is 2. The molecule has 0 atom stereocenters. The van der Waals surface area contributed by atoms with Gasteiger partial charge in [0.05, 0.1) is 16.1 Å². The molecule has 7 heteroatoms. The second-order valence-electron chi connectivity index (χ2n) is 4.14. The number of rotatable bonds is 3. The Labute approximate surface area is 142 Å². The Morgan fingerprint density at radius 2 is 1.76 bits per heavy atom. The smallest absolute Gasteiger partial charge is 0.256 e. The quantitative estimate of drug-likeness (QED) is 0.763. The van der Waals surface area contributed by atoms with Crippen molar-refractivity contribution in [2.45, 2.75) is 0 Å². The minimum absolute atomic E-state index is 0.189. The minimum Gasteiger partial charge on any atom is -0.366 e. The van der Waals surface area contributed by atoms with E-state index < -0.39 is 5.91 Å². The van der Waals surface area contributed by atoms with Crippen LogP contribution in [0.5, 0.6) is 0 Å². The molecule has 2 aromatic carbocycles. The molecule has 0 aromatic heterocycles. The molecule has 0 bridgehead atoms. The van der Waals surface area contributed by atoms with Gasteiger partial charge < -0.3 is 11.1 Å². The van der Waals surface area contributed by atoms with Crippen molar-refractivity contribution in [1.82, 2.24) is 0 Å². The lowest BCUT2D eigenvalue weighted by Gasteiger charge is -2.09. The van der Waals surface area contributed by atoms with Gasteiger partial charge in [-0.15, -0.1) is 0 Å². The maximum absolute atomic E-state index is 12.2. The summed E-state index contributed by atoms with van der Waals surface area (Å²) < 4.78 is 1.46. The highest BCUT2D eigenvalue weighted by atomic mass is 79.9. The number of carbonyl (C=O) groups excluding carboxylic acids is 2. The average molecular weight is 432 g/mol. The Morgan fingerprint density at radius 1 is 1.05 bits per heavy atom. The molecule has 108 valence electrons. The summed E-state index contributed by atoms with van der Waals surface area (Å²) in [6.45, 7) is 0. The van der Waals surface area contributed by atoms with Gasteiger partial charge in [-0.2, -0.15) is 0 Å². The van der Waals surface area contributed by atoms with Crippen molar-refractivity contribution in [3.63, 3.8) is 0 Å². The first-order valence-electron chi connectivity index (χ1n) is 5.74. The topological polar surface area (TPSA) is 72.2 Å². The van der Waals surface area contributed by atoms with E-state index in [0.29, 0.717) is 15.7 Å². The van der Waals surface area contributed by atoms with Crippen molar-refractivity contribution < 1.29 is 9.59 Å². The molecule has 0 unspecified atom stereocenters. The molecule has 0 radical (unpaired) electrons. The van der Waals surface area contributed by atoms with E-state index in [9.17, 15) is 9.59 Å². The Hall–Kier alpha value is -1.37. The number of anilines is 1. The third-order valence-corrected chi connectivity index (χ3v) is 4.16. The molecule has 0 aliphatic rings. The lowest BCUT2D eigenvalue weighted by atomic mass is 10.1. The zero-order chi connectivity index (χ0) is 15.6. The van der Waals surface area contributed by atoms with Crippen LogP contribution in [0, 0.1) is 0 Å². The zero-order valence-electron chi connectivity index (χ0n) is 10.5. The maximum Gasteiger partial charge on any atom is 0.256 e. The molecular weight excluding hydrogens is 423 g/mol. The van der Waals surface area contributed by atoms with Crippen molar-refractivity contribution in [2.24, 2.45) is 5.73 Å². The number of hydrogen-bond donors (Lipinski definition) is 2. The fourth-order valence-electron chi connectivity index (χ4n) is 1.66. The Bertz CT molecular complexity index is 735. The van der Waals surface area contributed by atoms with Crippen LogP contribution in [-0.2, 0) is 0 Å². The van der Waals surface area contributed by atoms with Crippen LogP contribution in [0.25, 0.3) is 0 Å². The number of amides is 2. The normalized spacial score (nSPS) is 10.2. The number of halogens is 3. The van der Waals surface area contributed by atoms with Crippen LogP contribution < -0.4 is 11.1 Å². The predicted octanol–water partition coefficient (Wildman–Crippen LogP) is 4.22. The molecule has 3 N–H and O–H groups in total. The zero-order valence-corrected chi connectivity index (χ0v) is 14.4. The van der Waals surface area contributed by atoms with Crippen LogP contribution in [0.4, 0.5) is 5.69 Å². The van der Waals surface area contributed by atoms with Crippen molar-refractivity contribution in [3.8, 4) is 0 Å². The third kappa shape index (κ3) is 3.84. The molecule has 0 fully saturated rings. The largest absolute Gasteiger partial charge is 0.366 e. The van der Waals surface area contributed by atoms with Gasteiger partial charge in [-0.1, -0.05) is 27.5 Å². The summed E-state index contributed by atoms with van der Waals surface area (Å²) >= 11 is 12.6. The monoisotopic (exact) mass is 430 g/mol. The molecular formula is C14H9Br2ClN2O2. The van der Waals surface area contributed by atoms with Gasteiger partial charge in [-0.05, 0) is 52.3 Å². The molecule has 0 aliphatic heterocycles. The van der Waals surface area contributed by atoms with Gasteiger partial charge in [0.1, 0.15) is 0 Å². The fraction of sp³-hybridized carbons (Fsp3) is 0. The first kappa shape index (κ1) is 16.0. The maximum atomic E-state index is 12.2. The van der Waals surface area contributed by atoms with Crippen LogP contribution in [0.1, 0.15) is 20.7 Å². The number of nitrogens with two attached hydrogens (primary N) is 1. The highest BCUT2D eigenvalue weighted by Gasteiger charge is 2.13. The standard InChI is InChI=1S/C14H9Br2ClN2O2/c15-7-1-4-11(16)10(5-7)14(21)19-8-2-3-9(13(18)20)12(17)6-8/h1-6H,(H2,18,20)(H,19,21). The molecule has 0 saturated heterocycles. The summed E-state index contributed by atoms with van der Waals surface area (Å²) in [7, 11) is 0. The third-order valence-electron chi connectivity index (χ3n) is 2.67.